The summed E-state index contributed by atoms with van der Waals surface area (Å²) >= 11 is 0. The molecule has 1 aliphatic rings. The van der Waals surface area contributed by atoms with Crippen LogP contribution in [-0.2, 0) is 9.53 Å². The van der Waals surface area contributed by atoms with Crippen molar-refractivity contribution in [1.82, 2.24) is 4.90 Å². The number of unbranched alkanes of at least 4 members (excludes halogenated alkanes) is 1. The summed E-state index contributed by atoms with van der Waals surface area (Å²) in [5, 5.41) is 8.89. The van der Waals surface area contributed by atoms with Crippen LogP contribution in [0.3, 0.4) is 0 Å². The second-order valence-electron chi connectivity index (χ2n) is 5.77. The fourth-order valence-electron chi connectivity index (χ4n) is 2.71. The summed E-state index contributed by atoms with van der Waals surface area (Å²) in [5.74, 6) is -0.0664. The maximum absolute atomic E-state index is 11.9. The van der Waals surface area contributed by atoms with Crippen molar-refractivity contribution >= 4 is 5.97 Å². The first-order valence-electron chi connectivity index (χ1n) is 8.29. The third-order valence-corrected chi connectivity index (χ3v) is 3.92. The molecule has 1 rings (SSSR count). The molecule has 0 aliphatic carbocycles. The number of carbonyl (C=O) groups is 1. The van der Waals surface area contributed by atoms with Gasteiger partial charge in [-0.3, -0.25) is 4.79 Å². The lowest BCUT2D eigenvalue weighted by Gasteiger charge is -2.18. The Morgan fingerprint density at radius 1 is 1.20 bits per heavy atom. The third-order valence-electron chi connectivity index (χ3n) is 3.92. The van der Waals surface area contributed by atoms with Crippen LogP contribution in [0.1, 0.15) is 64.7 Å². The molecule has 4 heteroatoms. The minimum absolute atomic E-state index is 0.00128. The summed E-state index contributed by atoms with van der Waals surface area (Å²) in [4.78, 5) is 14.3. The van der Waals surface area contributed by atoms with Gasteiger partial charge in [0.05, 0.1) is 0 Å². The zero-order valence-corrected chi connectivity index (χ0v) is 13.0. The number of carbonyl (C=O) groups excluding carboxylic acids is 1. The van der Waals surface area contributed by atoms with Gasteiger partial charge in [-0.25, -0.2) is 0 Å². The van der Waals surface area contributed by atoms with Crippen molar-refractivity contribution < 1.29 is 14.6 Å². The Bertz CT molecular complexity index is 244. The Morgan fingerprint density at radius 2 is 1.90 bits per heavy atom. The molecule has 0 bridgehead atoms. The van der Waals surface area contributed by atoms with Crippen LogP contribution in [0.5, 0.6) is 0 Å². The molecule has 118 valence electrons. The largest absolute Gasteiger partial charge is 0.462 e. The number of likely N-dealkylation sites (tertiary alicyclic amines) is 1. The van der Waals surface area contributed by atoms with Gasteiger partial charge < -0.3 is 14.7 Å². The van der Waals surface area contributed by atoms with E-state index in [9.17, 15) is 4.79 Å². The fourth-order valence-corrected chi connectivity index (χ4v) is 2.71. The third kappa shape index (κ3) is 7.85. The van der Waals surface area contributed by atoms with Gasteiger partial charge in [0.25, 0.3) is 0 Å². The molecule has 1 heterocycles. The predicted octanol–water partition coefficient (Wildman–Crippen LogP) is 2.74. The Balaban J connectivity index is 2.14. The number of ether oxygens (including phenoxy) is 1. The maximum Gasteiger partial charge on any atom is 0.306 e. The van der Waals surface area contributed by atoms with E-state index in [4.69, 9.17) is 9.84 Å². The average molecular weight is 285 g/mol. The Labute approximate surface area is 123 Å². The van der Waals surface area contributed by atoms with Gasteiger partial charge in [0.15, 0.2) is 0 Å². The van der Waals surface area contributed by atoms with Crippen molar-refractivity contribution in [3.63, 3.8) is 0 Å². The molecule has 1 aliphatic heterocycles. The van der Waals surface area contributed by atoms with E-state index in [-0.39, 0.29) is 18.7 Å². The zero-order valence-electron chi connectivity index (χ0n) is 13.0. The number of hydrogen-bond acceptors (Lipinski definition) is 4. The highest BCUT2D eigenvalue weighted by Gasteiger charge is 2.15. The molecule has 0 aromatic heterocycles. The summed E-state index contributed by atoms with van der Waals surface area (Å²) < 4.78 is 5.55. The van der Waals surface area contributed by atoms with Gasteiger partial charge in [0.1, 0.15) is 6.10 Å². The van der Waals surface area contributed by atoms with Crippen molar-refractivity contribution in [2.75, 3.05) is 26.2 Å². The molecule has 20 heavy (non-hydrogen) atoms. The van der Waals surface area contributed by atoms with Crippen LogP contribution in [0.4, 0.5) is 0 Å². The quantitative estimate of drug-likeness (QED) is 0.593. The van der Waals surface area contributed by atoms with Crippen LogP contribution in [-0.4, -0.2) is 48.3 Å². The molecule has 0 saturated carbocycles. The lowest BCUT2D eigenvalue weighted by atomic mass is 10.1. The number of nitrogens with zero attached hydrogens (tertiary/aromatic N) is 1. The van der Waals surface area contributed by atoms with E-state index in [1.807, 2.05) is 0 Å². The molecule has 0 amide bonds. The van der Waals surface area contributed by atoms with Crippen molar-refractivity contribution in [2.45, 2.75) is 70.8 Å². The number of rotatable bonds is 11. The normalized spacial score (nSPS) is 17.3. The van der Waals surface area contributed by atoms with Crippen molar-refractivity contribution in [1.29, 1.82) is 0 Å². The van der Waals surface area contributed by atoms with Crippen LogP contribution in [0, 0.1) is 0 Å². The lowest BCUT2D eigenvalue weighted by Crippen LogP contribution is -2.23. The van der Waals surface area contributed by atoms with E-state index in [0.717, 1.165) is 45.1 Å². The van der Waals surface area contributed by atoms with Gasteiger partial charge in [-0.2, -0.15) is 0 Å². The van der Waals surface area contributed by atoms with E-state index in [0.29, 0.717) is 6.42 Å². The Morgan fingerprint density at radius 3 is 2.55 bits per heavy atom. The number of aliphatic hydroxyl groups is 1. The van der Waals surface area contributed by atoms with Crippen molar-refractivity contribution in [3.05, 3.63) is 0 Å². The molecule has 1 N–H and O–H groups in total. The van der Waals surface area contributed by atoms with E-state index in [1.165, 1.54) is 25.9 Å². The number of esters is 1. The van der Waals surface area contributed by atoms with Gasteiger partial charge in [-0.05, 0) is 58.2 Å². The highest BCUT2D eigenvalue weighted by Crippen LogP contribution is 2.13. The molecule has 0 radical (unpaired) electrons. The Hall–Kier alpha value is -0.610. The number of hydrogen-bond donors (Lipinski definition) is 1. The SMILES string of the molecule is CCCCC(CCCO)OC(=O)CCCN1CCCC1. The zero-order chi connectivity index (χ0) is 14.6. The van der Waals surface area contributed by atoms with Gasteiger partial charge in [0.2, 0.25) is 0 Å². The lowest BCUT2D eigenvalue weighted by molar-refractivity contribution is -0.150. The van der Waals surface area contributed by atoms with E-state index in [1.54, 1.807) is 0 Å². The Kier molecular flexibility index (Phi) is 9.67. The van der Waals surface area contributed by atoms with Crippen LogP contribution in [0.15, 0.2) is 0 Å². The molecule has 0 aromatic rings. The van der Waals surface area contributed by atoms with E-state index >= 15 is 0 Å². The molecular weight excluding hydrogens is 254 g/mol. The molecule has 1 fully saturated rings. The molecule has 1 atom stereocenters. The maximum atomic E-state index is 11.9. The first-order valence-corrected chi connectivity index (χ1v) is 8.29. The fraction of sp³-hybridized carbons (Fsp3) is 0.938. The predicted molar refractivity (Wildman–Crippen MR) is 80.6 cm³/mol. The standard InChI is InChI=1S/C16H31NO3/c1-2-3-8-15(9-7-14-18)20-16(19)10-6-13-17-11-4-5-12-17/h15,18H,2-14H2,1H3. The van der Waals surface area contributed by atoms with Crippen LogP contribution < -0.4 is 0 Å². The molecule has 0 aromatic carbocycles. The molecule has 4 nitrogen and oxygen atoms in total. The molecular formula is C16H31NO3. The highest BCUT2D eigenvalue weighted by atomic mass is 16.5. The topological polar surface area (TPSA) is 49.8 Å². The monoisotopic (exact) mass is 285 g/mol. The average Bonchev–Trinajstić information content (AvgIpc) is 2.95. The molecule has 1 unspecified atom stereocenters. The van der Waals surface area contributed by atoms with Gasteiger partial charge >= 0.3 is 5.97 Å². The smallest absolute Gasteiger partial charge is 0.306 e. The molecule has 0 spiro atoms. The summed E-state index contributed by atoms with van der Waals surface area (Å²) in [6.07, 6.45) is 8.64. The van der Waals surface area contributed by atoms with Crippen LogP contribution in [0.2, 0.25) is 0 Å². The molecule has 1 saturated heterocycles. The first-order chi connectivity index (χ1) is 9.76. The minimum Gasteiger partial charge on any atom is -0.462 e. The van der Waals surface area contributed by atoms with Gasteiger partial charge in [-0.15, -0.1) is 0 Å². The highest BCUT2D eigenvalue weighted by molar-refractivity contribution is 5.69. The van der Waals surface area contributed by atoms with Crippen LogP contribution in [0.25, 0.3) is 0 Å². The van der Waals surface area contributed by atoms with E-state index < -0.39 is 0 Å². The second-order valence-corrected chi connectivity index (χ2v) is 5.77. The summed E-state index contributed by atoms with van der Waals surface area (Å²) in [6, 6.07) is 0. The van der Waals surface area contributed by atoms with E-state index in [2.05, 4.69) is 11.8 Å². The van der Waals surface area contributed by atoms with Crippen molar-refractivity contribution in [2.24, 2.45) is 0 Å². The van der Waals surface area contributed by atoms with Crippen molar-refractivity contribution in [3.8, 4) is 0 Å². The van der Waals surface area contributed by atoms with Gasteiger partial charge in [-0.1, -0.05) is 19.8 Å². The first kappa shape index (κ1) is 17.4. The van der Waals surface area contributed by atoms with Gasteiger partial charge in [0, 0.05) is 13.0 Å². The minimum atomic E-state index is -0.0664. The number of aliphatic hydroxyl groups excluding tert-OH is 1. The van der Waals surface area contributed by atoms with Crippen LogP contribution >= 0.6 is 0 Å². The summed E-state index contributed by atoms with van der Waals surface area (Å²) in [6.45, 7) is 5.71. The summed E-state index contributed by atoms with van der Waals surface area (Å²) in [7, 11) is 0. The second kappa shape index (κ2) is 11.1. The summed E-state index contributed by atoms with van der Waals surface area (Å²) in [5.41, 5.74) is 0.